The average Bonchev–Trinajstić information content (AvgIpc) is 2.42. The van der Waals surface area contributed by atoms with Gasteiger partial charge in [0.25, 0.3) is 0 Å². The van der Waals surface area contributed by atoms with Crippen LogP contribution in [0.4, 0.5) is 5.69 Å². The Kier molecular flexibility index (Phi) is 4.53. The molecule has 1 unspecified atom stereocenters. The van der Waals surface area contributed by atoms with E-state index >= 15 is 0 Å². The van der Waals surface area contributed by atoms with Crippen molar-refractivity contribution in [3.05, 3.63) is 63.7 Å². The van der Waals surface area contributed by atoms with Crippen LogP contribution in [-0.4, -0.2) is 5.91 Å². The highest BCUT2D eigenvalue weighted by molar-refractivity contribution is 6.33. The minimum atomic E-state index is -0.607. The van der Waals surface area contributed by atoms with Crippen LogP contribution in [0.25, 0.3) is 0 Å². The molecule has 1 atom stereocenters. The number of benzene rings is 2. The number of hydrogen-bond donors (Lipinski definition) is 2. The number of rotatable bonds is 4. The molecule has 0 aliphatic rings. The maximum absolute atomic E-state index is 11.9. The van der Waals surface area contributed by atoms with Gasteiger partial charge in [0, 0.05) is 0 Å². The van der Waals surface area contributed by atoms with Gasteiger partial charge in [-0.2, -0.15) is 0 Å². The summed E-state index contributed by atoms with van der Waals surface area (Å²) in [5, 5.41) is 3.70. The number of hydrogen-bond acceptors (Lipinski definition) is 2. The van der Waals surface area contributed by atoms with Gasteiger partial charge in [-0.3, -0.25) is 4.79 Å². The summed E-state index contributed by atoms with van der Waals surface area (Å²) in [7, 11) is 0. The molecule has 0 aliphatic heterocycles. The van der Waals surface area contributed by atoms with E-state index < -0.39 is 11.9 Å². The van der Waals surface area contributed by atoms with Gasteiger partial charge in [0.05, 0.1) is 10.7 Å². The fraction of sp³-hybridized carbons (Fsp3) is 0.235. The third-order valence-corrected chi connectivity index (χ3v) is 3.98. The summed E-state index contributed by atoms with van der Waals surface area (Å²) >= 11 is 6.14. The van der Waals surface area contributed by atoms with Crippen LogP contribution < -0.4 is 11.1 Å². The van der Waals surface area contributed by atoms with Gasteiger partial charge in [0.1, 0.15) is 6.04 Å². The van der Waals surface area contributed by atoms with E-state index in [1.807, 2.05) is 45.0 Å². The molecule has 0 bridgehead atoms. The maximum Gasteiger partial charge on any atom is 0.244 e. The zero-order valence-corrected chi connectivity index (χ0v) is 13.2. The fourth-order valence-electron chi connectivity index (χ4n) is 2.33. The van der Waals surface area contributed by atoms with E-state index in [1.165, 1.54) is 5.56 Å². The molecule has 0 saturated heterocycles. The lowest BCUT2D eigenvalue weighted by molar-refractivity contribution is -0.118. The minimum Gasteiger partial charge on any atom is -0.369 e. The SMILES string of the molecule is Cc1cc(C)c(C(Nc2ccccc2Cl)C(N)=O)cc1C. The van der Waals surface area contributed by atoms with Gasteiger partial charge in [-0.15, -0.1) is 0 Å². The first kappa shape index (κ1) is 15.4. The van der Waals surface area contributed by atoms with Crippen LogP contribution in [0.1, 0.15) is 28.3 Å². The number of anilines is 1. The van der Waals surface area contributed by atoms with Gasteiger partial charge in [-0.1, -0.05) is 35.9 Å². The Bertz CT molecular complexity index is 682. The van der Waals surface area contributed by atoms with Crippen LogP contribution in [0.5, 0.6) is 0 Å². The van der Waals surface area contributed by atoms with Crippen molar-refractivity contribution in [2.24, 2.45) is 5.73 Å². The second kappa shape index (κ2) is 6.19. The summed E-state index contributed by atoms with van der Waals surface area (Å²) in [5.74, 6) is -0.429. The molecule has 0 spiro atoms. The van der Waals surface area contributed by atoms with Crippen molar-refractivity contribution >= 4 is 23.2 Å². The Morgan fingerprint density at radius 2 is 1.71 bits per heavy atom. The predicted molar refractivity (Wildman–Crippen MR) is 87.7 cm³/mol. The number of carbonyl (C=O) groups is 1. The smallest absolute Gasteiger partial charge is 0.244 e. The highest BCUT2D eigenvalue weighted by Crippen LogP contribution is 2.28. The monoisotopic (exact) mass is 302 g/mol. The second-order valence-corrected chi connectivity index (χ2v) is 5.66. The van der Waals surface area contributed by atoms with E-state index in [9.17, 15) is 4.79 Å². The van der Waals surface area contributed by atoms with E-state index in [4.69, 9.17) is 17.3 Å². The molecule has 0 aromatic heterocycles. The molecule has 4 heteroatoms. The molecule has 1 amide bonds. The summed E-state index contributed by atoms with van der Waals surface area (Å²) in [6.45, 7) is 6.05. The number of amides is 1. The predicted octanol–water partition coefficient (Wildman–Crippen LogP) is 3.90. The van der Waals surface area contributed by atoms with E-state index in [2.05, 4.69) is 11.4 Å². The minimum absolute atomic E-state index is 0.429. The van der Waals surface area contributed by atoms with Crippen LogP contribution in [0, 0.1) is 20.8 Å². The van der Waals surface area contributed by atoms with E-state index in [0.717, 1.165) is 16.7 Å². The number of nitrogens with one attached hydrogen (secondary N) is 1. The lowest BCUT2D eigenvalue weighted by atomic mass is 9.95. The van der Waals surface area contributed by atoms with Crippen LogP contribution in [0.3, 0.4) is 0 Å². The topological polar surface area (TPSA) is 55.1 Å². The highest BCUT2D eigenvalue weighted by Gasteiger charge is 2.21. The van der Waals surface area contributed by atoms with E-state index in [0.29, 0.717) is 10.7 Å². The second-order valence-electron chi connectivity index (χ2n) is 5.25. The molecule has 0 heterocycles. The van der Waals surface area contributed by atoms with Crippen molar-refractivity contribution in [2.45, 2.75) is 26.8 Å². The van der Waals surface area contributed by atoms with Gasteiger partial charge in [0.15, 0.2) is 0 Å². The van der Waals surface area contributed by atoms with Gasteiger partial charge >= 0.3 is 0 Å². The summed E-state index contributed by atoms with van der Waals surface area (Å²) < 4.78 is 0. The number of para-hydroxylation sites is 1. The number of nitrogens with two attached hydrogens (primary N) is 1. The van der Waals surface area contributed by atoms with Crippen molar-refractivity contribution in [1.29, 1.82) is 0 Å². The van der Waals surface area contributed by atoms with Crippen LogP contribution in [0.2, 0.25) is 5.02 Å². The lowest BCUT2D eigenvalue weighted by Gasteiger charge is -2.21. The highest BCUT2D eigenvalue weighted by atomic mass is 35.5. The molecule has 2 rings (SSSR count). The van der Waals surface area contributed by atoms with Gasteiger partial charge in [-0.25, -0.2) is 0 Å². The van der Waals surface area contributed by atoms with Crippen molar-refractivity contribution < 1.29 is 4.79 Å². The van der Waals surface area contributed by atoms with Crippen LogP contribution >= 0.6 is 11.6 Å². The molecular weight excluding hydrogens is 284 g/mol. The van der Waals surface area contributed by atoms with Gasteiger partial charge in [0.2, 0.25) is 5.91 Å². The molecule has 0 saturated carbocycles. The normalized spacial score (nSPS) is 12.0. The summed E-state index contributed by atoms with van der Waals surface area (Å²) in [4.78, 5) is 11.9. The van der Waals surface area contributed by atoms with Crippen molar-refractivity contribution in [2.75, 3.05) is 5.32 Å². The van der Waals surface area contributed by atoms with E-state index in [1.54, 1.807) is 6.07 Å². The standard InChI is InChI=1S/C17H19ClN2O/c1-10-8-12(3)13(9-11(10)2)16(17(19)21)20-15-7-5-4-6-14(15)18/h4-9,16,20H,1-3H3,(H2,19,21). The molecule has 2 aromatic carbocycles. The zero-order valence-electron chi connectivity index (χ0n) is 12.4. The van der Waals surface area contributed by atoms with Crippen molar-refractivity contribution in [1.82, 2.24) is 0 Å². The molecule has 3 nitrogen and oxygen atoms in total. The maximum atomic E-state index is 11.9. The Hall–Kier alpha value is -2.00. The van der Waals surface area contributed by atoms with E-state index in [-0.39, 0.29) is 0 Å². The molecule has 3 N–H and O–H groups in total. The summed E-state index contributed by atoms with van der Waals surface area (Å²) in [6, 6.07) is 10.8. The first-order chi connectivity index (χ1) is 9.90. The Morgan fingerprint density at radius 1 is 1.10 bits per heavy atom. The number of primary amides is 1. The molecule has 0 aliphatic carbocycles. The number of halogens is 1. The Labute approximate surface area is 130 Å². The summed E-state index contributed by atoms with van der Waals surface area (Å²) in [6.07, 6.45) is 0. The molecule has 0 fully saturated rings. The lowest BCUT2D eigenvalue weighted by Crippen LogP contribution is -2.28. The quantitative estimate of drug-likeness (QED) is 0.900. The fourth-order valence-corrected chi connectivity index (χ4v) is 2.52. The Morgan fingerprint density at radius 3 is 2.33 bits per heavy atom. The first-order valence-electron chi connectivity index (χ1n) is 6.78. The van der Waals surface area contributed by atoms with Crippen LogP contribution in [-0.2, 0) is 4.79 Å². The summed E-state index contributed by atoms with van der Waals surface area (Å²) in [5.41, 5.74) is 10.5. The van der Waals surface area contributed by atoms with Gasteiger partial charge in [-0.05, 0) is 55.2 Å². The average molecular weight is 303 g/mol. The molecular formula is C17H19ClN2O. The number of carbonyl (C=O) groups excluding carboxylic acids is 1. The van der Waals surface area contributed by atoms with Crippen molar-refractivity contribution in [3.8, 4) is 0 Å². The first-order valence-corrected chi connectivity index (χ1v) is 7.16. The molecule has 2 aromatic rings. The van der Waals surface area contributed by atoms with Gasteiger partial charge < -0.3 is 11.1 Å². The zero-order chi connectivity index (χ0) is 15.6. The molecule has 0 radical (unpaired) electrons. The van der Waals surface area contributed by atoms with Crippen molar-refractivity contribution in [3.63, 3.8) is 0 Å². The third-order valence-electron chi connectivity index (χ3n) is 3.65. The van der Waals surface area contributed by atoms with Crippen LogP contribution in [0.15, 0.2) is 36.4 Å². The molecule has 110 valence electrons. The number of aryl methyl sites for hydroxylation is 3. The molecule has 21 heavy (non-hydrogen) atoms. The third kappa shape index (κ3) is 3.37. The Balaban J connectivity index is 2.43. The largest absolute Gasteiger partial charge is 0.369 e.